The molecule has 188 valence electrons. The summed E-state index contributed by atoms with van der Waals surface area (Å²) in [5, 5.41) is 9.46. The summed E-state index contributed by atoms with van der Waals surface area (Å²) < 4.78 is 0.999. The molecule has 3 unspecified atom stereocenters. The first-order chi connectivity index (χ1) is 17.3. The molecule has 3 atom stereocenters. The van der Waals surface area contributed by atoms with E-state index in [4.69, 9.17) is 5.73 Å². The number of thiazole rings is 1. The number of hydrogen-bond acceptors (Lipinski definition) is 6. The Hall–Kier alpha value is -3.98. The van der Waals surface area contributed by atoms with Gasteiger partial charge >= 0.3 is 0 Å². The molecule has 4 rings (SSSR count). The van der Waals surface area contributed by atoms with Crippen LogP contribution in [0.15, 0.2) is 61.2 Å². The molecule has 0 radical (unpaired) electrons. The molecule has 0 saturated heterocycles. The van der Waals surface area contributed by atoms with Crippen molar-refractivity contribution in [1.29, 1.82) is 0 Å². The zero-order valence-corrected chi connectivity index (χ0v) is 21.4. The summed E-state index contributed by atoms with van der Waals surface area (Å²) in [6, 6.07) is 11.4. The number of primary amides is 1. The molecule has 1 fully saturated rings. The molecule has 9 heteroatoms. The summed E-state index contributed by atoms with van der Waals surface area (Å²) in [5.74, 6) is -0.618. The molecule has 36 heavy (non-hydrogen) atoms. The minimum absolute atomic E-state index is 0.0984. The fraction of sp³-hybridized carbons (Fsp3) is 0.259. The first-order valence-electron chi connectivity index (χ1n) is 11.5. The minimum Gasteiger partial charge on any atom is -0.369 e. The smallest absolute Gasteiger partial charge is 0.255 e. The lowest BCUT2D eigenvalue weighted by molar-refractivity contribution is -0.128. The van der Waals surface area contributed by atoms with Gasteiger partial charge in [0.2, 0.25) is 12.3 Å². The number of aryl methyl sites for hydroxylation is 2. The van der Waals surface area contributed by atoms with Crippen LogP contribution < -0.4 is 21.7 Å². The van der Waals surface area contributed by atoms with E-state index in [2.05, 4.69) is 27.5 Å². The summed E-state index contributed by atoms with van der Waals surface area (Å²) >= 11 is 1.54. The Labute approximate surface area is 214 Å². The number of benzene rings is 2. The lowest BCUT2D eigenvalue weighted by Gasteiger charge is -2.40. The molecule has 8 nitrogen and oxygen atoms in total. The van der Waals surface area contributed by atoms with Gasteiger partial charge in [-0.3, -0.25) is 14.4 Å². The summed E-state index contributed by atoms with van der Waals surface area (Å²) in [6.45, 7) is 7.53. The normalized spacial score (nSPS) is 18.5. The van der Waals surface area contributed by atoms with E-state index in [0.29, 0.717) is 12.0 Å². The lowest BCUT2D eigenvalue weighted by atomic mass is 9.68. The molecular formula is C27H31N5O3S. The van der Waals surface area contributed by atoms with Crippen molar-refractivity contribution in [2.24, 2.45) is 17.6 Å². The maximum absolute atomic E-state index is 12.5. The minimum atomic E-state index is -0.366. The number of amides is 3. The van der Waals surface area contributed by atoms with Crippen molar-refractivity contribution in [3.8, 4) is 0 Å². The van der Waals surface area contributed by atoms with Gasteiger partial charge in [-0.05, 0) is 55.5 Å². The van der Waals surface area contributed by atoms with Gasteiger partial charge in [-0.2, -0.15) is 0 Å². The topological polar surface area (TPSA) is 126 Å². The van der Waals surface area contributed by atoms with Crippen LogP contribution in [0.4, 0.5) is 10.8 Å². The lowest BCUT2D eigenvalue weighted by Crippen LogP contribution is -2.55. The van der Waals surface area contributed by atoms with Gasteiger partial charge in [0.05, 0.1) is 16.1 Å². The van der Waals surface area contributed by atoms with Gasteiger partial charge in [-0.1, -0.05) is 54.3 Å². The van der Waals surface area contributed by atoms with Crippen molar-refractivity contribution in [3.05, 3.63) is 77.9 Å². The number of nitrogens with one attached hydrogen (secondary N) is 3. The summed E-state index contributed by atoms with van der Waals surface area (Å²) in [6.07, 6.45) is 6.70. The molecule has 3 amide bonds. The highest BCUT2D eigenvalue weighted by Crippen LogP contribution is 2.35. The predicted molar refractivity (Wildman–Crippen MR) is 146 cm³/mol. The number of carbonyl (C=O) groups excluding carboxylic acids is 3. The monoisotopic (exact) mass is 505 g/mol. The molecule has 0 bridgehead atoms. The van der Waals surface area contributed by atoms with E-state index in [9.17, 15) is 14.4 Å². The third-order valence-corrected chi connectivity index (χ3v) is 7.15. The number of anilines is 2. The van der Waals surface area contributed by atoms with Crippen LogP contribution in [0.3, 0.4) is 0 Å². The van der Waals surface area contributed by atoms with E-state index >= 15 is 0 Å². The largest absolute Gasteiger partial charge is 0.369 e. The Morgan fingerprint density at radius 1 is 1.19 bits per heavy atom. The van der Waals surface area contributed by atoms with Gasteiger partial charge in [0.25, 0.3) is 5.91 Å². The number of rotatable bonds is 8. The summed E-state index contributed by atoms with van der Waals surface area (Å²) in [4.78, 5) is 38.2. The zero-order valence-electron chi connectivity index (χ0n) is 20.6. The first kappa shape index (κ1) is 26.6. The molecule has 0 spiro atoms. The molecule has 1 aromatic heterocycles. The van der Waals surface area contributed by atoms with Gasteiger partial charge in [0.1, 0.15) is 0 Å². The average Bonchev–Trinajstić information content (AvgIpc) is 3.26. The SMILES string of the molecule is C=C/C=C\C1CC(NC=O)C1C(N)=O.CNc1nc2ccc(C(=O)Nc3c(C)cccc3C)cc2s1. The molecule has 5 N–H and O–H groups in total. The molecule has 1 saturated carbocycles. The number of allylic oxidation sites excluding steroid dienone is 3. The van der Waals surface area contributed by atoms with Gasteiger partial charge in [0, 0.05) is 24.3 Å². The standard InChI is InChI=1S/C17H17N3OS.C10H14N2O2/c1-10-5-4-6-11(2)15(10)20-16(21)12-7-8-13-14(9-12)22-17(18-3)19-13;1-2-3-4-7-5-8(12-6-13)9(7)10(11)14/h4-9H,1-3H3,(H,18,19)(H,20,21);2-4,6-9H,1,5H2,(H2,11,14)(H,12,13)/b;4-3-. The quantitative estimate of drug-likeness (QED) is 0.270. The number of aromatic nitrogens is 1. The molecule has 0 aliphatic heterocycles. The van der Waals surface area contributed by atoms with E-state index in [-0.39, 0.29) is 29.7 Å². The fourth-order valence-electron chi connectivity index (χ4n) is 4.15. The van der Waals surface area contributed by atoms with Crippen molar-refractivity contribution >= 4 is 50.6 Å². The maximum Gasteiger partial charge on any atom is 0.255 e. The second kappa shape index (κ2) is 12.1. The molecule has 3 aromatic rings. The Morgan fingerprint density at radius 3 is 2.53 bits per heavy atom. The third-order valence-electron chi connectivity index (χ3n) is 6.11. The third kappa shape index (κ3) is 6.17. The highest BCUT2D eigenvalue weighted by atomic mass is 32.1. The average molecular weight is 506 g/mol. The van der Waals surface area contributed by atoms with Crippen molar-refractivity contribution in [2.75, 3.05) is 17.7 Å². The van der Waals surface area contributed by atoms with Crippen LogP contribution >= 0.6 is 11.3 Å². The van der Waals surface area contributed by atoms with E-state index in [0.717, 1.165) is 38.6 Å². The highest BCUT2D eigenvalue weighted by Gasteiger charge is 2.42. The Kier molecular flexibility index (Phi) is 8.97. The number of para-hydroxylation sites is 1. The van der Waals surface area contributed by atoms with Crippen LogP contribution in [-0.2, 0) is 9.59 Å². The molecule has 1 aliphatic carbocycles. The highest BCUT2D eigenvalue weighted by molar-refractivity contribution is 7.22. The number of nitrogens with two attached hydrogens (primary N) is 1. The molecule has 1 heterocycles. The number of nitrogens with zero attached hydrogens (tertiary/aromatic N) is 1. The van der Waals surface area contributed by atoms with E-state index in [1.165, 1.54) is 11.3 Å². The van der Waals surface area contributed by atoms with Crippen molar-refractivity contribution in [3.63, 3.8) is 0 Å². The van der Waals surface area contributed by atoms with Gasteiger partial charge in [0.15, 0.2) is 5.13 Å². The fourth-order valence-corrected chi connectivity index (χ4v) is 5.01. The number of hydrogen-bond donors (Lipinski definition) is 4. The zero-order chi connectivity index (χ0) is 26.2. The molecule has 2 aromatic carbocycles. The van der Waals surface area contributed by atoms with E-state index in [1.807, 2.05) is 63.4 Å². The number of carbonyl (C=O) groups is 3. The summed E-state index contributed by atoms with van der Waals surface area (Å²) in [7, 11) is 1.84. The van der Waals surface area contributed by atoms with Crippen LogP contribution in [0.2, 0.25) is 0 Å². The van der Waals surface area contributed by atoms with E-state index < -0.39 is 0 Å². The van der Waals surface area contributed by atoms with E-state index in [1.54, 1.807) is 12.2 Å². The van der Waals surface area contributed by atoms with Crippen LogP contribution in [0.5, 0.6) is 0 Å². The van der Waals surface area contributed by atoms with Crippen molar-refractivity contribution in [1.82, 2.24) is 10.3 Å². The molecule has 1 aliphatic rings. The Morgan fingerprint density at radius 2 is 1.92 bits per heavy atom. The second-order valence-electron chi connectivity index (χ2n) is 8.51. The van der Waals surface area contributed by atoms with Crippen LogP contribution in [-0.4, -0.2) is 36.3 Å². The van der Waals surface area contributed by atoms with Crippen molar-refractivity contribution in [2.45, 2.75) is 26.3 Å². The molecular weight excluding hydrogens is 474 g/mol. The summed E-state index contributed by atoms with van der Waals surface area (Å²) in [5.41, 5.74) is 9.77. The maximum atomic E-state index is 12.5. The van der Waals surface area contributed by atoms with Crippen LogP contribution in [0.25, 0.3) is 10.2 Å². The number of fused-ring (bicyclic) bond motifs is 1. The predicted octanol–water partition coefficient (Wildman–Crippen LogP) is 4.17. The van der Waals surface area contributed by atoms with Gasteiger partial charge in [-0.25, -0.2) is 4.98 Å². The van der Waals surface area contributed by atoms with Crippen LogP contribution in [0.1, 0.15) is 27.9 Å². The van der Waals surface area contributed by atoms with Gasteiger partial charge in [-0.15, -0.1) is 0 Å². The second-order valence-corrected chi connectivity index (χ2v) is 9.54. The Bertz CT molecular complexity index is 1280. The van der Waals surface area contributed by atoms with Crippen LogP contribution in [0, 0.1) is 25.7 Å². The Balaban J connectivity index is 0.000000223. The first-order valence-corrected chi connectivity index (χ1v) is 12.3. The van der Waals surface area contributed by atoms with Gasteiger partial charge < -0.3 is 21.7 Å². The van der Waals surface area contributed by atoms with Crippen molar-refractivity contribution < 1.29 is 14.4 Å².